The lowest BCUT2D eigenvalue weighted by atomic mass is 10.2. The predicted molar refractivity (Wildman–Crippen MR) is 105 cm³/mol. The van der Waals surface area contributed by atoms with Crippen LogP contribution in [0.4, 0.5) is 0 Å². The molecule has 6 heteroatoms. The molecule has 0 aliphatic carbocycles. The zero-order chi connectivity index (χ0) is 20.3. The van der Waals surface area contributed by atoms with E-state index in [-0.39, 0.29) is 23.7 Å². The van der Waals surface area contributed by atoms with Gasteiger partial charge in [-0.2, -0.15) is 0 Å². The van der Waals surface area contributed by atoms with Gasteiger partial charge in [0.25, 0.3) is 5.75 Å². The van der Waals surface area contributed by atoms with Crippen LogP contribution in [0.2, 0.25) is 0 Å². The summed E-state index contributed by atoms with van der Waals surface area (Å²) in [4.78, 5) is 25.1. The van der Waals surface area contributed by atoms with Crippen molar-refractivity contribution >= 4 is 16.9 Å². The highest BCUT2D eigenvalue weighted by Gasteiger charge is 2.25. The second-order valence-corrected chi connectivity index (χ2v) is 6.77. The Morgan fingerprint density at radius 1 is 0.857 bits per heavy atom. The number of ether oxygens (including phenoxy) is 3. The van der Waals surface area contributed by atoms with E-state index in [0.29, 0.717) is 22.3 Å². The molecule has 3 aromatic rings. The molecule has 0 amide bonds. The Morgan fingerprint density at radius 3 is 2.18 bits per heavy atom. The molecule has 1 heterocycles. The minimum Gasteiger partial charge on any atom is -0.490 e. The molecule has 28 heavy (non-hydrogen) atoms. The molecule has 0 aliphatic heterocycles. The van der Waals surface area contributed by atoms with Crippen LogP contribution in [0.1, 0.15) is 38.1 Å². The molecule has 0 unspecified atom stereocenters. The van der Waals surface area contributed by atoms with Crippen LogP contribution in [0.15, 0.2) is 57.7 Å². The third-order valence-corrected chi connectivity index (χ3v) is 3.73. The van der Waals surface area contributed by atoms with Gasteiger partial charge in [0.1, 0.15) is 16.7 Å². The fraction of sp³-hybridized carbons (Fsp3) is 0.273. The van der Waals surface area contributed by atoms with Crippen molar-refractivity contribution < 1.29 is 23.4 Å². The van der Waals surface area contributed by atoms with Gasteiger partial charge in [0.05, 0.1) is 17.8 Å². The minimum absolute atomic E-state index is 0.111. The average Bonchev–Trinajstić information content (AvgIpc) is 2.64. The summed E-state index contributed by atoms with van der Waals surface area (Å²) in [6, 6.07) is 13.5. The van der Waals surface area contributed by atoms with E-state index in [2.05, 4.69) is 0 Å². The van der Waals surface area contributed by atoms with E-state index >= 15 is 0 Å². The largest absolute Gasteiger partial charge is 0.490 e. The third-order valence-electron chi connectivity index (χ3n) is 3.73. The summed E-state index contributed by atoms with van der Waals surface area (Å²) in [7, 11) is 0. The van der Waals surface area contributed by atoms with Crippen LogP contribution in [0.3, 0.4) is 0 Å². The van der Waals surface area contributed by atoms with E-state index in [1.54, 1.807) is 48.5 Å². The Morgan fingerprint density at radius 2 is 1.54 bits per heavy atom. The number of esters is 1. The van der Waals surface area contributed by atoms with Gasteiger partial charge in [-0.15, -0.1) is 0 Å². The normalized spacial score (nSPS) is 11.1. The van der Waals surface area contributed by atoms with Crippen LogP contribution in [-0.4, -0.2) is 18.2 Å². The van der Waals surface area contributed by atoms with Gasteiger partial charge in [-0.25, -0.2) is 9.59 Å². The van der Waals surface area contributed by atoms with Crippen LogP contribution in [0.25, 0.3) is 11.0 Å². The van der Waals surface area contributed by atoms with Gasteiger partial charge in [-0.3, -0.25) is 0 Å². The molecular formula is C22H22O6. The Balaban J connectivity index is 2.19. The van der Waals surface area contributed by atoms with Crippen LogP contribution in [0.5, 0.6) is 17.2 Å². The van der Waals surface area contributed by atoms with Gasteiger partial charge < -0.3 is 18.6 Å². The summed E-state index contributed by atoms with van der Waals surface area (Å²) in [5.41, 5.74) is -0.198. The fourth-order valence-corrected chi connectivity index (χ4v) is 2.69. The first kappa shape index (κ1) is 19.5. The second-order valence-electron chi connectivity index (χ2n) is 6.77. The van der Waals surface area contributed by atoms with Crippen molar-refractivity contribution in [3.05, 3.63) is 64.5 Å². The van der Waals surface area contributed by atoms with Crippen molar-refractivity contribution in [2.24, 2.45) is 0 Å². The summed E-state index contributed by atoms with van der Waals surface area (Å²) in [6.07, 6.45) is -0.383. The van der Waals surface area contributed by atoms with E-state index in [1.165, 1.54) is 0 Å². The van der Waals surface area contributed by atoms with Crippen molar-refractivity contribution in [1.29, 1.82) is 0 Å². The number of fused-ring (bicyclic) bond motifs is 1. The first-order valence-corrected chi connectivity index (χ1v) is 9.07. The summed E-state index contributed by atoms with van der Waals surface area (Å²) < 4.78 is 22.5. The number of rotatable bonds is 6. The van der Waals surface area contributed by atoms with Gasteiger partial charge >= 0.3 is 11.6 Å². The quantitative estimate of drug-likeness (QED) is 0.459. The molecule has 146 valence electrons. The molecule has 0 atom stereocenters. The zero-order valence-electron chi connectivity index (χ0n) is 16.2. The SMILES string of the molecule is CC(C)Oc1cccc2oc(=O)c(OC(=O)c3ccccc3)c(OC(C)C)c12. The number of carbonyl (C=O) groups excluding carboxylic acids is 1. The monoisotopic (exact) mass is 382 g/mol. The molecule has 3 rings (SSSR count). The minimum atomic E-state index is -0.797. The van der Waals surface area contributed by atoms with E-state index in [1.807, 2.05) is 27.7 Å². The molecule has 0 bridgehead atoms. The van der Waals surface area contributed by atoms with E-state index < -0.39 is 11.6 Å². The van der Waals surface area contributed by atoms with Crippen LogP contribution >= 0.6 is 0 Å². The highest BCUT2D eigenvalue weighted by molar-refractivity contribution is 5.95. The first-order chi connectivity index (χ1) is 13.4. The highest BCUT2D eigenvalue weighted by atomic mass is 16.6. The van der Waals surface area contributed by atoms with Crippen molar-refractivity contribution in [2.75, 3.05) is 0 Å². The molecule has 0 spiro atoms. The summed E-state index contributed by atoms with van der Waals surface area (Å²) >= 11 is 0. The van der Waals surface area contributed by atoms with E-state index in [4.69, 9.17) is 18.6 Å². The molecule has 0 N–H and O–H groups in total. The van der Waals surface area contributed by atoms with Gasteiger partial charge in [0.15, 0.2) is 5.75 Å². The maximum atomic E-state index is 12.6. The number of benzene rings is 2. The smallest absolute Gasteiger partial charge is 0.383 e. The van der Waals surface area contributed by atoms with Crippen molar-refractivity contribution in [2.45, 2.75) is 39.9 Å². The zero-order valence-corrected chi connectivity index (χ0v) is 16.2. The number of hydrogen-bond acceptors (Lipinski definition) is 6. The molecule has 2 aromatic carbocycles. The Bertz CT molecular complexity index is 1030. The maximum absolute atomic E-state index is 12.6. The Hall–Kier alpha value is -3.28. The standard InChI is InChI=1S/C22H22O6/c1-13(2)25-16-11-8-12-17-18(16)19(26-14(3)4)20(22(24)27-17)28-21(23)15-9-6-5-7-10-15/h5-14H,1-4H3. The van der Waals surface area contributed by atoms with Crippen molar-refractivity contribution in [1.82, 2.24) is 0 Å². The van der Waals surface area contributed by atoms with Gasteiger partial charge in [-0.1, -0.05) is 24.3 Å². The molecule has 6 nitrogen and oxygen atoms in total. The van der Waals surface area contributed by atoms with Crippen LogP contribution in [-0.2, 0) is 0 Å². The van der Waals surface area contributed by atoms with Gasteiger partial charge in [0, 0.05) is 0 Å². The Labute approximate surface area is 162 Å². The molecule has 0 saturated carbocycles. The number of hydrogen-bond donors (Lipinski definition) is 0. The molecule has 0 saturated heterocycles. The lowest BCUT2D eigenvalue weighted by Gasteiger charge is -2.18. The molecular weight excluding hydrogens is 360 g/mol. The van der Waals surface area contributed by atoms with E-state index in [0.717, 1.165) is 0 Å². The Kier molecular flexibility index (Phi) is 5.68. The molecule has 0 fully saturated rings. The lowest BCUT2D eigenvalue weighted by molar-refractivity contribution is 0.0718. The average molecular weight is 382 g/mol. The molecule has 0 aliphatic rings. The van der Waals surface area contributed by atoms with Gasteiger partial charge in [-0.05, 0) is 52.0 Å². The van der Waals surface area contributed by atoms with Gasteiger partial charge in [0.2, 0.25) is 0 Å². The second kappa shape index (κ2) is 8.17. The third kappa shape index (κ3) is 4.17. The van der Waals surface area contributed by atoms with Crippen molar-refractivity contribution in [3.8, 4) is 17.2 Å². The fourth-order valence-electron chi connectivity index (χ4n) is 2.69. The predicted octanol–water partition coefficient (Wildman–Crippen LogP) is 4.59. The summed E-state index contributed by atoms with van der Waals surface area (Å²) in [5, 5.41) is 0.445. The highest BCUT2D eigenvalue weighted by Crippen LogP contribution is 2.40. The van der Waals surface area contributed by atoms with Crippen LogP contribution < -0.4 is 19.8 Å². The lowest BCUT2D eigenvalue weighted by Crippen LogP contribution is -2.18. The molecule has 0 radical (unpaired) electrons. The topological polar surface area (TPSA) is 75.0 Å². The summed E-state index contributed by atoms with van der Waals surface area (Å²) in [5.74, 6) is -0.372. The number of carbonyl (C=O) groups is 1. The van der Waals surface area contributed by atoms with Crippen molar-refractivity contribution in [3.63, 3.8) is 0 Å². The van der Waals surface area contributed by atoms with E-state index in [9.17, 15) is 9.59 Å². The first-order valence-electron chi connectivity index (χ1n) is 9.07. The molecule has 1 aromatic heterocycles. The van der Waals surface area contributed by atoms with Crippen LogP contribution in [0, 0.1) is 0 Å². The summed E-state index contributed by atoms with van der Waals surface area (Å²) in [6.45, 7) is 7.40. The maximum Gasteiger partial charge on any atom is 0.383 e.